The standard InChI is InChI=1S/C13H25N5OS/c1-5-7-14-11-15-12(18(3)8-10-20-4)17-13(16-11)19-9-6-2/h5-10H2,1-4H3,(H,14,15,16,17). The number of anilines is 2. The van der Waals surface area contributed by atoms with Crippen LogP contribution in [0.1, 0.15) is 26.7 Å². The van der Waals surface area contributed by atoms with E-state index in [2.05, 4.69) is 40.4 Å². The van der Waals surface area contributed by atoms with Gasteiger partial charge in [0.2, 0.25) is 11.9 Å². The number of nitrogens with zero attached hydrogens (tertiary/aromatic N) is 4. The summed E-state index contributed by atoms with van der Waals surface area (Å²) in [5.74, 6) is 2.27. The van der Waals surface area contributed by atoms with Crippen LogP contribution in [0.4, 0.5) is 11.9 Å². The maximum Gasteiger partial charge on any atom is 0.323 e. The van der Waals surface area contributed by atoms with Crippen LogP contribution in [0.3, 0.4) is 0 Å². The Bertz CT molecular complexity index is 365. The number of ether oxygens (including phenoxy) is 1. The molecule has 1 N–H and O–H groups in total. The minimum Gasteiger partial charge on any atom is -0.463 e. The molecule has 1 rings (SSSR count). The second kappa shape index (κ2) is 9.63. The van der Waals surface area contributed by atoms with Crippen LogP contribution < -0.4 is 15.0 Å². The molecule has 0 aromatic carbocycles. The summed E-state index contributed by atoms with van der Waals surface area (Å²) in [6.07, 6.45) is 4.04. The van der Waals surface area contributed by atoms with Gasteiger partial charge in [-0.3, -0.25) is 0 Å². The van der Waals surface area contributed by atoms with Crippen molar-refractivity contribution in [2.75, 3.05) is 49.0 Å². The lowest BCUT2D eigenvalue weighted by molar-refractivity contribution is 0.292. The van der Waals surface area contributed by atoms with E-state index in [4.69, 9.17) is 4.74 Å². The van der Waals surface area contributed by atoms with Crippen LogP contribution >= 0.6 is 11.8 Å². The third-order valence-electron chi connectivity index (χ3n) is 2.54. The monoisotopic (exact) mass is 299 g/mol. The van der Waals surface area contributed by atoms with Crippen LogP contribution in [0.5, 0.6) is 6.01 Å². The lowest BCUT2D eigenvalue weighted by Crippen LogP contribution is -2.24. The molecule has 0 spiro atoms. The second-order valence-electron chi connectivity index (χ2n) is 4.43. The molecule has 114 valence electrons. The number of thioether (sulfide) groups is 1. The summed E-state index contributed by atoms with van der Waals surface area (Å²) in [7, 11) is 1.98. The fraction of sp³-hybridized carbons (Fsp3) is 0.769. The zero-order valence-electron chi connectivity index (χ0n) is 12.8. The topological polar surface area (TPSA) is 63.2 Å². The molecule has 0 bridgehead atoms. The predicted molar refractivity (Wildman–Crippen MR) is 86.0 cm³/mol. The summed E-state index contributed by atoms with van der Waals surface area (Å²) < 4.78 is 5.54. The molecule has 0 saturated carbocycles. The van der Waals surface area contributed by atoms with Gasteiger partial charge in [0.05, 0.1) is 6.61 Å². The molecule has 6 nitrogen and oxygen atoms in total. The lowest BCUT2D eigenvalue weighted by Gasteiger charge is -2.17. The third kappa shape index (κ3) is 5.81. The Morgan fingerprint density at radius 1 is 1.20 bits per heavy atom. The normalized spacial score (nSPS) is 10.4. The molecule has 0 unspecified atom stereocenters. The summed E-state index contributed by atoms with van der Waals surface area (Å²) in [6.45, 7) is 6.51. The smallest absolute Gasteiger partial charge is 0.323 e. The number of aromatic nitrogens is 3. The predicted octanol–water partition coefficient (Wildman–Crippen LogP) is 2.28. The zero-order valence-corrected chi connectivity index (χ0v) is 13.7. The van der Waals surface area contributed by atoms with Crippen molar-refractivity contribution in [2.24, 2.45) is 0 Å². The molecule has 0 aliphatic rings. The molecule has 0 radical (unpaired) electrons. The highest BCUT2D eigenvalue weighted by Gasteiger charge is 2.10. The average Bonchev–Trinajstić information content (AvgIpc) is 2.48. The first-order chi connectivity index (χ1) is 9.71. The van der Waals surface area contributed by atoms with Crippen LogP contribution in [0.2, 0.25) is 0 Å². The Hall–Kier alpha value is -1.24. The van der Waals surface area contributed by atoms with Gasteiger partial charge in [0.1, 0.15) is 0 Å². The summed E-state index contributed by atoms with van der Waals surface area (Å²) in [6, 6.07) is 0.395. The van der Waals surface area contributed by atoms with Gasteiger partial charge in [-0.15, -0.1) is 0 Å². The van der Waals surface area contributed by atoms with E-state index < -0.39 is 0 Å². The molecule has 7 heteroatoms. The molecule has 0 aliphatic heterocycles. The fourth-order valence-corrected chi connectivity index (χ4v) is 1.87. The Kier molecular flexibility index (Phi) is 8.10. The molecule has 0 saturated heterocycles. The molecule has 0 atom stereocenters. The van der Waals surface area contributed by atoms with E-state index in [0.717, 1.165) is 31.7 Å². The van der Waals surface area contributed by atoms with E-state index in [-0.39, 0.29) is 0 Å². The first-order valence-corrected chi connectivity index (χ1v) is 8.43. The van der Waals surface area contributed by atoms with Gasteiger partial charge >= 0.3 is 6.01 Å². The summed E-state index contributed by atoms with van der Waals surface area (Å²) in [5, 5.41) is 3.19. The second-order valence-corrected chi connectivity index (χ2v) is 5.42. The van der Waals surface area contributed by atoms with Crippen molar-refractivity contribution in [1.82, 2.24) is 15.0 Å². The van der Waals surface area contributed by atoms with E-state index >= 15 is 0 Å². The lowest BCUT2D eigenvalue weighted by atomic mass is 10.5. The number of rotatable bonds is 10. The highest BCUT2D eigenvalue weighted by Crippen LogP contribution is 2.14. The van der Waals surface area contributed by atoms with E-state index in [1.807, 2.05) is 11.9 Å². The van der Waals surface area contributed by atoms with Crippen molar-refractivity contribution in [3.63, 3.8) is 0 Å². The fourth-order valence-electron chi connectivity index (χ4n) is 1.42. The van der Waals surface area contributed by atoms with Gasteiger partial charge in [0.15, 0.2) is 0 Å². The van der Waals surface area contributed by atoms with Gasteiger partial charge in [0, 0.05) is 25.9 Å². The van der Waals surface area contributed by atoms with Crippen molar-refractivity contribution in [2.45, 2.75) is 26.7 Å². The molecule has 1 aromatic heterocycles. The Morgan fingerprint density at radius 2 is 2.00 bits per heavy atom. The van der Waals surface area contributed by atoms with Crippen LogP contribution in [-0.2, 0) is 0 Å². The zero-order chi connectivity index (χ0) is 14.8. The van der Waals surface area contributed by atoms with Gasteiger partial charge in [0.25, 0.3) is 0 Å². The van der Waals surface area contributed by atoms with Crippen molar-refractivity contribution >= 4 is 23.7 Å². The van der Waals surface area contributed by atoms with Crippen molar-refractivity contribution in [1.29, 1.82) is 0 Å². The van der Waals surface area contributed by atoms with E-state index in [0.29, 0.717) is 24.5 Å². The quantitative estimate of drug-likeness (QED) is 0.711. The maximum absolute atomic E-state index is 5.54. The number of hydrogen-bond acceptors (Lipinski definition) is 7. The van der Waals surface area contributed by atoms with Crippen molar-refractivity contribution in [3.8, 4) is 6.01 Å². The van der Waals surface area contributed by atoms with Gasteiger partial charge in [-0.2, -0.15) is 26.7 Å². The first kappa shape index (κ1) is 16.8. The van der Waals surface area contributed by atoms with Crippen molar-refractivity contribution < 1.29 is 4.74 Å². The van der Waals surface area contributed by atoms with Gasteiger partial charge < -0.3 is 15.0 Å². The first-order valence-electron chi connectivity index (χ1n) is 7.04. The van der Waals surface area contributed by atoms with Gasteiger partial charge in [-0.1, -0.05) is 13.8 Å². The van der Waals surface area contributed by atoms with Gasteiger partial charge in [-0.25, -0.2) is 0 Å². The van der Waals surface area contributed by atoms with Crippen molar-refractivity contribution in [3.05, 3.63) is 0 Å². The molecular formula is C13H25N5OS. The van der Waals surface area contributed by atoms with E-state index in [1.54, 1.807) is 11.8 Å². The third-order valence-corrected chi connectivity index (χ3v) is 3.13. The minimum absolute atomic E-state index is 0.395. The Morgan fingerprint density at radius 3 is 2.65 bits per heavy atom. The molecular weight excluding hydrogens is 274 g/mol. The molecule has 20 heavy (non-hydrogen) atoms. The molecule has 0 aliphatic carbocycles. The summed E-state index contributed by atoms with van der Waals surface area (Å²) in [5.41, 5.74) is 0. The van der Waals surface area contributed by atoms with Gasteiger partial charge in [-0.05, 0) is 19.1 Å². The van der Waals surface area contributed by atoms with Crippen LogP contribution in [0.25, 0.3) is 0 Å². The number of hydrogen-bond donors (Lipinski definition) is 1. The Balaban J connectivity index is 2.83. The van der Waals surface area contributed by atoms with Crippen LogP contribution in [-0.4, -0.2) is 53.7 Å². The Labute approximate surface area is 125 Å². The highest BCUT2D eigenvalue weighted by molar-refractivity contribution is 7.98. The molecule has 0 amide bonds. The van der Waals surface area contributed by atoms with E-state index in [1.165, 1.54) is 0 Å². The molecule has 1 aromatic rings. The summed E-state index contributed by atoms with van der Waals surface area (Å²) >= 11 is 1.80. The maximum atomic E-state index is 5.54. The molecule has 1 heterocycles. The summed E-state index contributed by atoms with van der Waals surface area (Å²) in [4.78, 5) is 15.1. The number of nitrogens with one attached hydrogen (secondary N) is 1. The largest absolute Gasteiger partial charge is 0.463 e. The average molecular weight is 299 g/mol. The minimum atomic E-state index is 0.395. The SMILES string of the molecule is CCCNc1nc(OCCC)nc(N(C)CCSC)n1. The molecule has 0 fully saturated rings. The van der Waals surface area contributed by atoms with Crippen LogP contribution in [0.15, 0.2) is 0 Å². The highest BCUT2D eigenvalue weighted by atomic mass is 32.2. The van der Waals surface area contributed by atoms with E-state index in [9.17, 15) is 0 Å². The van der Waals surface area contributed by atoms with Crippen LogP contribution in [0, 0.1) is 0 Å².